The summed E-state index contributed by atoms with van der Waals surface area (Å²) in [6.07, 6.45) is 4.35. The Balaban J connectivity index is 1.70. The number of nitrogens with zero attached hydrogens (tertiary/aromatic N) is 5. The van der Waals surface area contributed by atoms with Gasteiger partial charge < -0.3 is 9.42 Å². The Morgan fingerprint density at radius 3 is 2.54 bits per heavy atom. The number of rotatable bonds is 5. The molecule has 0 fully saturated rings. The number of likely N-dealkylation sites (N-methyl/N-ethyl adjacent to an activating group) is 1. The summed E-state index contributed by atoms with van der Waals surface area (Å²) in [7, 11) is 3.64. The van der Waals surface area contributed by atoms with Crippen molar-refractivity contribution >= 4 is 5.91 Å². The van der Waals surface area contributed by atoms with Crippen molar-refractivity contribution in [3.05, 3.63) is 42.5 Å². The van der Waals surface area contributed by atoms with Crippen molar-refractivity contribution in [2.24, 2.45) is 7.05 Å². The number of aryl methyl sites for hydroxylation is 1. The molecule has 24 heavy (non-hydrogen) atoms. The van der Waals surface area contributed by atoms with Gasteiger partial charge in [0, 0.05) is 51.3 Å². The smallest absolute Gasteiger partial charge is 0.257 e. The third kappa shape index (κ3) is 3.51. The molecule has 124 valence electrons. The van der Waals surface area contributed by atoms with E-state index >= 15 is 0 Å². The van der Waals surface area contributed by atoms with Crippen LogP contribution < -0.4 is 0 Å². The van der Waals surface area contributed by atoms with Gasteiger partial charge in [0.2, 0.25) is 5.91 Å². The predicted octanol–water partition coefficient (Wildman–Crippen LogP) is 2.16. The Hall–Kier alpha value is -2.96. The van der Waals surface area contributed by atoms with E-state index in [9.17, 15) is 4.79 Å². The van der Waals surface area contributed by atoms with Crippen molar-refractivity contribution in [3.63, 3.8) is 0 Å². The number of hydrogen-bond acceptors (Lipinski definition) is 5. The highest BCUT2D eigenvalue weighted by Crippen LogP contribution is 2.23. The fraction of sp³-hybridized carbons (Fsp3) is 0.294. The molecule has 2 aromatic heterocycles. The number of hydrogen-bond donors (Lipinski definition) is 0. The van der Waals surface area contributed by atoms with Gasteiger partial charge in [0.15, 0.2) is 5.82 Å². The van der Waals surface area contributed by atoms with Crippen LogP contribution in [0.5, 0.6) is 0 Å². The first-order valence-electron chi connectivity index (χ1n) is 7.66. The molecule has 0 aliphatic rings. The molecule has 2 heterocycles. The topological polar surface area (TPSA) is 77.0 Å². The molecular formula is C17H19N5O2. The van der Waals surface area contributed by atoms with E-state index in [1.807, 2.05) is 43.7 Å². The van der Waals surface area contributed by atoms with E-state index in [-0.39, 0.29) is 5.91 Å². The molecule has 0 N–H and O–H groups in total. The second-order valence-corrected chi connectivity index (χ2v) is 5.69. The summed E-state index contributed by atoms with van der Waals surface area (Å²) in [6, 6.07) is 7.89. The summed E-state index contributed by atoms with van der Waals surface area (Å²) in [5, 5.41) is 8.14. The molecule has 0 radical (unpaired) electrons. The van der Waals surface area contributed by atoms with Crippen LogP contribution >= 0.6 is 0 Å². The molecule has 3 aromatic rings. The molecule has 0 bridgehead atoms. The minimum atomic E-state index is 0.0182. The van der Waals surface area contributed by atoms with Gasteiger partial charge in [-0.1, -0.05) is 17.3 Å². The van der Waals surface area contributed by atoms with Crippen molar-refractivity contribution in [2.45, 2.75) is 13.3 Å². The van der Waals surface area contributed by atoms with Gasteiger partial charge in [0.25, 0.3) is 5.89 Å². The Labute approximate surface area is 139 Å². The maximum Gasteiger partial charge on any atom is 0.257 e. The first-order chi connectivity index (χ1) is 11.5. The van der Waals surface area contributed by atoms with Crippen LogP contribution in [-0.2, 0) is 18.3 Å². The first-order valence-corrected chi connectivity index (χ1v) is 7.66. The van der Waals surface area contributed by atoms with Crippen LogP contribution in [0.4, 0.5) is 0 Å². The second kappa shape index (κ2) is 6.66. The van der Waals surface area contributed by atoms with Gasteiger partial charge in [-0.15, -0.1) is 0 Å². The van der Waals surface area contributed by atoms with Crippen molar-refractivity contribution in [2.75, 3.05) is 13.6 Å². The van der Waals surface area contributed by atoms with Crippen molar-refractivity contribution in [1.82, 2.24) is 24.8 Å². The van der Waals surface area contributed by atoms with Crippen molar-refractivity contribution in [1.29, 1.82) is 0 Å². The van der Waals surface area contributed by atoms with Gasteiger partial charge >= 0.3 is 0 Å². The van der Waals surface area contributed by atoms with Crippen LogP contribution in [0.15, 0.2) is 41.2 Å². The number of amides is 1. The van der Waals surface area contributed by atoms with E-state index in [1.165, 1.54) is 6.92 Å². The zero-order valence-electron chi connectivity index (χ0n) is 13.9. The van der Waals surface area contributed by atoms with Crippen LogP contribution in [0.1, 0.15) is 12.7 Å². The molecule has 1 aromatic carbocycles. The Morgan fingerprint density at radius 2 is 1.92 bits per heavy atom. The van der Waals surface area contributed by atoms with Gasteiger partial charge in [0.1, 0.15) is 0 Å². The third-order valence-corrected chi connectivity index (χ3v) is 3.85. The summed E-state index contributed by atoms with van der Waals surface area (Å²) in [5.74, 6) is 1.09. The van der Waals surface area contributed by atoms with Gasteiger partial charge in [-0.2, -0.15) is 10.1 Å². The van der Waals surface area contributed by atoms with E-state index < -0.39 is 0 Å². The van der Waals surface area contributed by atoms with E-state index in [4.69, 9.17) is 4.52 Å². The lowest BCUT2D eigenvalue weighted by Gasteiger charge is -2.12. The van der Waals surface area contributed by atoms with E-state index in [1.54, 1.807) is 16.6 Å². The number of aromatic nitrogens is 4. The third-order valence-electron chi connectivity index (χ3n) is 3.85. The number of carbonyl (C=O) groups is 1. The highest BCUT2D eigenvalue weighted by molar-refractivity contribution is 5.72. The van der Waals surface area contributed by atoms with Crippen LogP contribution in [0.3, 0.4) is 0 Å². The summed E-state index contributed by atoms with van der Waals surface area (Å²) in [5.41, 5.74) is 3.00. The monoisotopic (exact) mass is 325 g/mol. The predicted molar refractivity (Wildman–Crippen MR) is 89.0 cm³/mol. The largest absolute Gasteiger partial charge is 0.346 e. The lowest BCUT2D eigenvalue weighted by atomic mass is 10.1. The Kier molecular flexibility index (Phi) is 4.41. The zero-order valence-corrected chi connectivity index (χ0v) is 13.9. The fourth-order valence-corrected chi connectivity index (χ4v) is 2.27. The van der Waals surface area contributed by atoms with E-state index in [0.717, 1.165) is 16.7 Å². The van der Waals surface area contributed by atoms with Crippen LogP contribution in [0.25, 0.3) is 22.6 Å². The van der Waals surface area contributed by atoms with E-state index in [2.05, 4.69) is 15.2 Å². The van der Waals surface area contributed by atoms with Gasteiger partial charge in [-0.05, 0) is 17.7 Å². The second-order valence-electron chi connectivity index (χ2n) is 5.69. The molecular weight excluding hydrogens is 306 g/mol. The minimum absolute atomic E-state index is 0.0182. The van der Waals surface area contributed by atoms with Crippen LogP contribution in [0, 0.1) is 0 Å². The molecule has 7 nitrogen and oxygen atoms in total. The lowest BCUT2D eigenvalue weighted by molar-refractivity contribution is -0.127. The zero-order chi connectivity index (χ0) is 17.1. The molecule has 3 rings (SSSR count). The molecule has 0 unspecified atom stereocenters. The summed E-state index contributed by atoms with van der Waals surface area (Å²) < 4.78 is 7.08. The molecule has 0 saturated carbocycles. The Morgan fingerprint density at radius 1 is 1.21 bits per heavy atom. The van der Waals surface area contributed by atoms with Crippen molar-refractivity contribution < 1.29 is 9.32 Å². The maximum atomic E-state index is 11.2. The molecule has 1 amide bonds. The lowest BCUT2D eigenvalue weighted by Crippen LogP contribution is -2.26. The highest BCUT2D eigenvalue weighted by Gasteiger charge is 2.11. The average molecular weight is 325 g/mol. The summed E-state index contributed by atoms with van der Waals surface area (Å²) >= 11 is 0. The van der Waals surface area contributed by atoms with E-state index in [0.29, 0.717) is 24.7 Å². The average Bonchev–Trinajstić information content (AvgIpc) is 3.21. The summed E-state index contributed by atoms with van der Waals surface area (Å²) in [4.78, 5) is 17.2. The highest BCUT2D eigenvalue weighted by atomic mass is 16.5. The molecule has 7 heteroatoms. The maximum absolute atomic E-state index is 11.2. The minimum Gasteiger partial charge on any atom is -0.346 e. The standard InChI is InChI=1S/C17H19N5O2/c1-12(23)21(2)9-8-16-19-17(24-20-16)14-6-4-13(5-7-14)15-10-18-22(3)11-15/h4-7,10-11H,8-9H2,1-3H3. The van der Waals surface area contributed by atoms with Crippen LogP contribution in [-0.4, -0.2) is 44.3 Å². The number of carbonyl (C=O) groups excluding carboxylic acids is 1. The quantitative estimate of drug-likeness (QED) is 0.718. The molecule has 0 saturated heterocycles. The summed E-state index contributed by atoms with van der Waals surface area (Å²) in [6.45, 7) is 2.10. The van der Waals surface area contributed by atoms with Crippen LogP contribution in [0.2, 0.25) is 0 Å². The SMILES string of the molecule is CC(=O)N(C)CCc1noc(-c2ccc(-c3cnn(C)c3)cc2)n1. The number of benzene rings is 1. The Bertz CT molecular complexity index is 835. The van der Waals surface area contributed by atoms with Gasteiger partial charge in [0.05, 0.1) is 6.20 Å². The molecule has 0 spiro atoms. The molecule has 0 atom stereocenters. The first kappa shape index (κ1) is 15.9. The molecule has 0 aliphatic heterocycles. The normalized spacial score (nSPS) is 10.8. The van der Waals surface area contributed by atoms with Crippen molar-refractivity contribution in [3.8, 4) is 22.6 Å². The molecule has 0 aliphatic carbocycles. The fourth-order valence-electron chi connectivity index (χ4n) is 2.27. The van der Waals surface area contributed by atoms with Gasteiger partial charge in [-0.25, -0.2) is 0 Å². The van der Waals surface area contributed by atoms with Gasteiger partial charge in [-0.3, -0.25) is 9.48 Å².